The van der Waals surface area contributed by atoms with Gasteiger partial charge in [0.15, 0.2) is 4.77 Å². The van der Waals surface area contributed by atoms with Crippen molar-refractivity contribution in [3.05, 3.63) is 26.9 Å². The molecule has 0 amide bonds. The molecule has 0 aliphatic heterocycles. The first kappa shape index (κ1) is 13.2. The van der Waals surface area contributed by atoms with Gasteiger partial charge in [0.05, 0.1) is 12.2 Å². The molecule has 0 fully saturated rings. The number of aliphatic hydroxyl groups is 1. The highest BCUT2D eigenvalue weighted by molar-refractivity contribution is 7.71. The van der Waals surface area contributed by atoms with Crippen molar-refractivity contribution in [1.29, 1.82) is 0 Å². The fraction of sp³-hybridized carbons (Fsp3) is 0.556. The number of ether oxygens (including phenoxy) is 1. The highest BCUT2D eigenvalue weighted by Crippen LogP contribution is 1.99. The van der Waals surface area contributed by atoms with Gasteiger partial charge in [0, 0.05) is 25.9 Å². The van der Waals surface area contributed by atoms with Crippen LogP contribution in [0.3, 0.4) is 0 Å². The minimum atomic E-state index is -0.369. The molecule has 1 aromatic heterocycles. The van der Waals surface area contributed by atoms with Crippen LogP contribution in [0.15, 0.2) is 11.0 Å². The Bertz CT molecular complexity index is 457. The van der Waals surface area contributed by atoms with Gasteiger partial charge in [-0.25, -0.2) is 0 Å². The molecular formula is C9H13BN2O3S. The molecule has 0 saturated heterocycles. The third kappa shape index (κ3) is 3.29. The first-order chi connectivity index (χ1) is 7.58. The molecule has 0 saturated carbocycles. The molecule has 5 nitrogen and oxygen atoms in total. The minimum Gasteiger partial charge on any atom is -0.391 e. The molecule has 0 aliphatic carbocycles. The van der Waals surface area contributed by atoms with Gasteiger partial charge in [0.25, 0.3) is 5.56 Å². The van der Waals surface area contributed by atoms with Crippen molar-refractivity contribution < 1.29 is 9.84 Å². The monoisotopic (exact) mass is 240 g/mol. The molecule has 1 rings (SSSR count). The lowest BCUT2D eigenvalue weighted by atomic mass is 9.97. The van der Waals surface area contributed by atoms with E-state index in [0.717, 1.165) is 0 Å². The quantitative estimate of drug-likeness (QED) is 0.558. The van der Waals surface area contributed by atoms with Gasteiger partial charge in [0.2, 0.25) is 0 Å². The van der Waals surface area contributed by atoms with E-state index in [1.165, 1.54) is 13.3 Å². The molecule has 0 aliphatic rings. The number of nitrogens with zero attached hydrogens (tertiary/aromatic N) is 1. The first-order valence-corrected chi connectivity index (χ1v) is 5.21. The number of nitrogens with one attached hydrogen (secondary N) is 1. The van der Waals surface area contributed by atoms with Crippen LogP contribution >= 0.6 is 12.2 Å². The topological polar surface area (TPSA) is 67.2 Å². The number of hydrogen-bond donors (Lipinski definition) is 2. The van der Waals surface area contributed by atoms with Gasteiger partial charge in [-0.15, -0.1) is 0 Å². The van der Waals surface area contributed by atoms with Gasteiger partial charge < -0.3 is 14.4 Å². The lowest BCUT2D eigenvalue weighted by Crippen LogP contribution is -2.20. The van der Waals surface area contributed by atoms with E-state index in [0.29, 0.717) is 17.7 Å². The van der Waals surface area contributed by atoms with E-state index in [2.05, 4.69) is 4.98 Å². The Morgan fingerprint density at radius 3 is 3.00 bits per heavy atom. The summed E-state index contributed by atoms with van der Waals surface area (Å²) in [5, 5.41) is 8.94. The molecule has 86 valence electrons. The lowest BCUT2D eigenvalue weighted by Gasteiger charge is -2.12. The predicted octanol–water partition coefficient (Wildman–Crippen LogP) is -0.0707. The SMILES string of the molecule is [B][C@H](CCn1cc(CO)c(=O)[nH]c1=S)OC. The molecule has 2 N–H and O–H groups in total. The molecule has 1 atom stereocenters. The van der Waals surface area contributed by atoms with Crippen molar-refractivity contribution in [2.75, 3.05) is 7.11 Å². The third-order valence-electron chi connectivity index (χ3n) is 2.21. The Morgan fingerprint density at radius 1 is 1.75 bits per heavy atom. The molecule has 0 unspecified atom stereocenters. The smallest absolute Gasteiger partial charge is 0.257 e. The van der Waals surface area contributed by atoms with Gasteiger partial charge in [-0.1, -0.05) is 0 Å². The predicted molar refractivity (Wildman–Crippen MR) is 63.0 cm³/mol. The Morgan fingerprint density at radius 2 is 2.44 bits per heavy atom. The number of aromatic nitrogens is 2. The maximum atomic E-state index is 11.3. The molecule has 7 heteroatoms. The molecule has 0 bridgehead atoms. The van der Waals surface area contributed by atoms with Gasteiger partial charge in [0.1, 0.15) is 7.85 Å². The molecule has 0 spiro atoms. The molecule has 2 radical (unpaired) electrons. The van der Waals surface area contributed by atoms with Crippen molar-refractivity contribution in [3.63, 3.8) is 0 Å². The number of rotatable bonds is 5. The molecule has 16 heavy (non-hydrogen) atoms. The lowest BCUT2D eigenvalue weighted by molar-refractivity contribution is 0.154. The fourth-order valence-electron chi connectivity index (χ4n) is 1.22. The largest absolute Gasteiger partial charge is 0.391 e. The zero-order valence-corrected chi connectivity index (χ0v) is 9.79. The van der Waals surface area contributed by atoms with Crippen molar-refractivity contribution in [1.82, 2.24) is 9.55 Å². The summed E-state index contributed by atoms with van der Waals surface area (Å²) in [6.45, 7) is 0.207. The number of hydrogen-bond acceptors (Lipinski definition) is 4. The highest BCUT2D eigenvalue weighted by atomic mass is 32.1. The summed E-state index contributed by atoms with van der Waals surface area (Å²) in [4.78, 5) is 13.8. The summed E-state index contributed by atoms with van der Waals surface area (Å²) in [5.74, 6) is 0. The fourth-order valence-corrected chi connectivity index (χ4v) is 1.45. The maximum Gasteiger partial charge on any atom is 0.257 e. The number of methoxy groups -OCH3 is 1. The second-order valence-corrected chi connectivity index (χ2v) is 3.71. The van der Waals surface area contributed by atoms with Crippen LogP contribution in [0.5, 0.6) is 0 Å². The standard InChI is InChI=1S/C9H13BN2O3S/c1-15-7(10)2-3-12-4-6(5-13)8(14)11-9(12)16/h4,7,13H,2-3,5H2,1H3,(H,11,14,16)/t7-/m0/s1. The van der Waals surface area contributed by atoms with Crippen LogP contribution in [-0.4, -0.2) is 35.6 Å². The van der Waals surface area contributed by atoms with E-state index in [-0.39, 0.29) is 23.7 Å². The van der Waals surface area contributed by atoms with Crippen LogP contribution in [0.4, 0.5) is 0 Å². The average Bonchev–Trinajstić information content (AvgIpc) is 2.27. The highest BCUT2D eigenvalue weighted by Gasteiger charge is 2.03. The van der Waals surface area contributed by atoms with Crippen LogP contribution in [0.2, 0.25) is 0 Å². The second kappa shape index (κ2) is 5.98. The van der Waals surface area contributed by atoms with Gasteiger partial charge in [-0.2, -0.15) is 0 Å². The third-order valence-corrected chi connectivity index (χ3v) is 2.55. The Labute approximate surface area is 99.5 Å². The van der Waals surface area contributed by atoms with Crippen LogP contribution in [0.1, 0.15) is 12.0 Å². The molecule has 0 aromatic carbocycles. The summed E-state index contributed by atoms with van der Waals surface area (Å²) < 4.78 is 6.87. The van der Waals surface area contributed by atoms with Crippen LogP contribution < -0.4 is 5.56 Å². The normalized spacial score (nSPS) is 12.6. The number of aliphatic hydroxyl groups excluding tert-OH is 1. The molecule has 1 aromatic rings. The Hall–Kier alpha value is -0.915. The van der Waals surface area contributed by atoms with Gasteiger partial charge in [-0.3, -0.25) is 9.78 Å². The zero-order chi connectivity index (χ0) is 12.1. The summed E-state index contributed by atoms with van der Waals surface area (Å²) in [7, 11) is 7.10. The minimum absolute atomic E-state index is 0.277. The van der Waals surface area contributed by atoms with E-state index in [1.807, 2.05) is 0 Å². The van der Waals surface area contributed by atoms with Crippen LogP contribution in [0.25, 0.3) is 0 Å². The number of aryl methyl sites for hydroxylation is 1. The molecule has 1 heterocycles. The molecular weight excluding hydrogens is 227 g/mol. The first-order valence-electron chi connectivity index (χ1n) is 4.80. The Balaban J connectivity index is 2.88. The van der Waals surface area contributed by atoms with Crippen molar-refractivity contribution in [2.24, 2.45) is 0 Å². The van der Waals surface area contributed by atoms with E-state index >= 15 is 0 Å². The number of aromatic amines is 1. The van der Waals surface area contributed by atoms with Crippen molar-refractivity contribution in [2.45, 2.75) is 25.6 Å². The second-order valence-electron chi connectivity index (χ2n) is 3.33. The van der Waals surface area contributed by atoms with Crippen LogP contribution in [-0.2, 0) is 17.9 Å². The van der Waals surface area contributed by atoms with E-state index < -0.39 is 0 Å². The summed E-state index contributed by atoms with van der Waals surface area (Å²) in [5.41, 5.74) is -0.0839. The van der Waals surface area contributed by atoms with E-state index in [1.54, 1.807) is 4.57 Å². The van der Waals surface area contributed by atoms with Crippen molar-refractivity contribution >= 4 is 20.1 Å². The Kier molecular flexibility index (Phi) is 4.91. The maximum absolute atomic E-state index is 11.3. The van der Waals surface area contributed by atoms with E-state index in [4.69, 9.17) is 29.9 Å². The summed E-state index contributed by atoms with van der Waals surface area (Å²) >= 11 is 4.98. The van der Waals surface area contributed by atoms with Crippen LogP contribution in [0, 0.1) is 4.77 Å². The van der Waals surface area contributed by atoms with Gasteiger partial charge in [-0.05, 0) is 18.6 Å². The van der Waals surface area contributed by atoms with Gasteiger partial charge >= 0.3 is 0 Å². The summed E-state index contributed by atoms with van der Waals surface area (Å²) in [6.07, 6.45) is 2.10. The van der Waals surface area contributed by atoms with Crippen molar-refractivity contribution in [3.8, 4) is 0 Å². The number of H-pyrrole nitrogens is 1. The van der Waals surface area contributed by atoms with E-state index in [9.17, 15) is 4.79 Å². The average molecular weight is 240 g/mol. The zero-order valence-electron chi connectivity index (χ0n) is 8.97. The summed E-state index contributed by atoms with van der Waals surface area (Å²) in [6, 6.07) is -0.369.